The molecule has 2 amide bonds. The van der Waals surface area contributed by atoms with Gasteiger partial charge >= 0.3 is 6.03 Å². The number of anilines is 1. The molecule has 0 saturated heterocycles. The molecule has 128 valence electrons. The van der Waals surface area contributed by atoms with E-state index in [1.54, 1.807) is 36.3 Å². The van der Waals surface area contributed by atoms with E-state index >= 15 is 0 Å². The molecule has 8 nitrogen and oxygen atoms in total. The maximum atomic E-state index is 12.0. The van der Waals surface area contributed by atoms with Gasteiger partial charge in [-0.25, -0.2) is 19.4 Å². The summed E-state index contributed by atoms with van der Waals surface area (Å²) < 4.78 is 6.71. The van der Waals surface area contributed by atoms with Crippen molar-refractivity contribution in [2.45, 2.75) is 6.42 Å². The van der Waals surface area contributed by atoms with Crippen molar-refractivity contribution in [3.8, 4) is 11.6 Å². The smallest absolute Gasteiger partial charge is 0.320 e. The van der Waals surface area contributed by atoms with Crippen molar-refractivity contribution in [1.29, 1.82) is 0 Å². The van der Waals surface area contributed by atoms with Gasteiger partial charge in [-0.2, -0.15) is 5.10 Å². The maximum absolute atomic E-state index is 12.0. The molecule has 2 heterocycles. The van der Waals surface area contributed by atoms with E-state index in [0.717, 1.165) is 17.7 Å². The van der Waals surface area contributed by atoms with Gasteiger partial charge in [0, 0.05) is 25.0 Å². The van der Waals surface area contributed by atoms with Gasteiger partial charge < -0.3 is 10.1 Å². The molecule has 0 saturated carbocycles. The number of ether oxygens (including phenoxy) is 1. The van der Waals surface area contributed by atoms with Crippen molar-refractivity contribution in [3.63, 3.8) is 0 Å². The average Bonchev–Trinajstić information content (AvgIpc) is 3.17. The van der Waals surface area contributed by atoms with E-state index in [9.17, 15) is 4.79 Å². The van der Waals surface area contributed by atoms with E-state index < -0.39 is 0 Å². The lowest BCUT2D eigenvalue weighted by Crippen LogP contribution is -2.30. The fraction of sp³-hybridized carbons (Fsp3) is 0.176. The SMILES string of the molecule is COc1ccc(CCNC(=O)Nc2cc(-n3cccn3)ncn2)cc1. The highest BCUT2D eigenvalue weighted by Crippen LogP contribution is 2.11. The Morgan fingerprint density at radius 2 is 2.08 bits per heavy atom. The Morgan fingerprint density at radius 1 is 1.24 bits per heavy atom. The minimum Gasteiger partial charge on any atom is -0.497 e. The zero-order valence-corrected chi connectivity index (χ0v) is 13.7. The highest BCUT2D eigenvalue weighted by atomic mass is 16.5. The second kappa shape index (κ2) is 7.91. The molecule has 0 fully saturated rings. The van der Waals surface area contributed by atoms with Crippen LogP contribution in [0, 0.1) is 0 Å². The van der Waals surface area contributed by atoms with Gasteiger partial charge in [-0.3, -0.25) is 5.32 Å². The van der Waals surface area contributed by atoms with Gasteiger partial charge in [0.1, 0.15) is 17.9 Å². The fourth-order valence-corrected chi connectivity index (χ4v) is 2.22. The Morgan fingerprint density at radius 3 is 2.80 bits per heavy atom. The van der Waals surface area contributed by atoms with Crippen molar-refractivity contribution < 1.29 is 9.53 Å². The highest BCUT2D eigenvalue weighted by molar-refractivity contribution is 5.88. The predicted octanol–water partition coefficient (Wildman–Crippen LogP) is 2.04. The summed E-state index contributed by atoms with van der Waals surface area (Å²) in [6.07, 6.45) is 5.52. The van der Waals surface area contributed by atoms with Gasteiger partial charge in [0.05, 0.1) is 7.11 Å². The first-order valence-corrected chi connectivity index (χ1v) is 7.74. The molecule has 0 spiro atoms. The Bertz CT molecular complexity index is 817. The summed E-state index contributed by atoms with van der Waals surface area (Å²) in [7, 11) is 1.63. The number of carbonyl (C=O) groups excluding carboxylic acids is 1. The summed E-state index contributed by atoms with van der Waals surface area (Å²) >= 11 is 0. The number of methoxy groups -OCH3 is 1. The second-order valence-corrected chi connectivity index (χ2v) is 5.19. The Labute approximate surface area is 144 Å². The van der Waals surface area contributed by atoms with E-state index in [4.69, 9.17) is 4.74 Å². The molecule has 0 aliphatic carbocycles. The van der Waals surface area contributed by atoms with Crippen LogP contribution in [0.1, 0.15) is 5.56 Å². The third-order valence-electron chi connectivity index (χ3n) is 3.49. The van der Waals surface area contributed by atoms with Crippen molar-refractivity contribution >= 4 is 11.8 Å². The Balaban J connectivity index is 1.50. The van der Waals surface area contributed by atoms with E-state index in [0.29, 0.717) is 18.2 Å². The largest absolute Gasteiger partial charge is 0.497 e. The lowest BCUT2D eigenvalue weighted by molar-refractivity contribution is 0.252. The fourth-order valence-electron chi connectivity index (χ4n) is 2.22. The van der Waals surface area contributed by atoms with Gasteiger partial charge in [0.2, 0.25) is 0 Å². The molecular formula is C17H18N6O2. The summed E-state index contributed by atoms with van der Waals surface area (Å²) in [6, 6.07) is 10.9. The number of benzene rings is 1. The topological polar surface area (TPSA) is 94.0 Å². The van der Waals surface area contributed by atoms with E-state index in [1.165, 1.54) is 6.33 Å². The summed E-state index contributed by atoms with van der Waals surface area (Å²) in [5.41, 5.74) is 1.11. The number of hydrogen-bond donors (Lipinski definition) is 2. The summed E-state index contributed by atoms with van der Waals surface area (Å²) in [4.78, 5) is 20.1. The van der Waals surface area contributed by atoms with Crippen molar-refractivity contribution in [2.24, 2.45) is 0 Å². The zero-order valence-electron chi connectivity index (χ0n) is 13.7. The second-order valence-electron chi connectivity index (χ2n) is 5.19. The van der Waals surface area contributed by atoms with E-state index in [2.05, 4.69) is 25.7 Å². The maximum Gasteiger partial charge on any atom is 0.320 e. The number of urea groups is 1. The number of rotatable bonds is 6. The van der Waals surface area contributed by atoms with Crippen LogP contribution in [-0.4, -0.2) is 39.4 Å². The molecule has 2 aromatic heterocycles. The van der Waals surface area contributed by atoms with Crippen LogP contribution in [0.3, 0.4) is 0 Å². The van der Waals surface area contributed by atoms with Crippen LogP contribution in [0.2, 0.25) is 0 Å². The van der Waals surface area contributed by atoms with Crippen molar-refractivity contribution in [3.05, 3.63) is 60.7 Å². The van der Waals surface area contributed by atoms with Crippen LogP contribution in [0.15, 0.2) is 55.1 Å². The number of carbonyl (C=O) groups is 1. The number of hydrogen-bond acceptors (Lipinski definition) is 5. The standard InChI is InChI=1S/C17H18N6O2/c1-25-14-5-3-13(4-6-14)7-9-18-17(24)22-15-11-16(20-12-19-15)23-10-2-8-21-23/h2-6,8,10-12H,7,9H2,1H3,(H2,18,19,20,22,24). The first kappa shape index (κ1) is 16.4. The third-order valence-corrected chi connectivity index (χ3v) is 3.49. The van der Waals surface area contributed by atoms with Gasteiger partial charge in [-0.05, 0) is 30.2 Å². The predicted molar refractivity (Wildman–Crippen MR) is 92.9 cm³/mol. The normalized spacial score (nSPS) is 10.3. The monoisotopic (exact) mass is 338 g/mol. The minimum atomic E-state index is -0.321. The molecule has 0 radical (unpaired) electrons. The molecule has 0 bridgehead atoms. The van der Waals surface area contributed by atoms with Crippen LogP contribution in [-0.2, 0) is 6.42 Å². The average molecular weight is 338 g/mol. The van der Waals surface area contributed by atoms with E-state index in [1.807, 2.05) is 24.3 Å². The van der Waals surface area contributed by atoms with Crippen molar-refractivity contribution in [1.82, 2.24) is 25.1 Å². The molecule has 2 N–H and O–H groups in total. The first-order valence-electron chi connectivity index (χ1n) is 7.74. The molecule has 0 atom stereocenters. The number of aromatic nitrogens is 4. The van der Waals surface area contributed by atoms with Crippen LogP contribution >= 0.6 is 0 Å². The highest BCUT2D eigenvalue weighted by Gasteiger charge is 2.05. The molecule has 3 rings (SSSR count). The van der Waals surface area contributed by atoms with Crippen LogP contribution in [0.4, 0.5) is 10.6 Å². The van der Waals surface area contributed by atoms with Crippen molar-refractivity contribution in [2.75, 3.05) is 19.0 Å². The quantitative estimate of drug-likeness (QED) is 0.717. The lowest BCUT2D eigenvalue weighted by atomic mass is 10.1. The number of amides is 2. The molecular weight excluding hydrogens is 320 g/mol. The zero-order chi connectivity index (χ0) is 17.5. The molecule has 8 heteroatoms. The summed E-state index contributed by atoms with van der Waals surface area (Å²) in [6.45, 7) is 0.509. The molecule has 1 aromatic carbocycles. The third kappa shape index (κ3) is 4.54. The minimum absolute atomic E-state index is 0.321. The molecule has 0 aliphatic heterocycles. The summed E-state index contributed by atoms with van der Waals surface area (Å²) in [5, 5.41) is 9.58. The Kier molecular flexibility index (Phi) is 5.20. The number of nitrogens with one attached hydrogen (secondary N) is 2. The molecule has 25 heavy (non-hydrogen) atoms. The first-order chi connectivity index (χ1) is 12.2. The lowest BCUT2D eigenvalue weighted by Gasteiger charge is -2.08. The van der Waals surface area contributed by atoms with Crippen LogP contribution in [0.5, 0.6) is 5.75 Å². The van der Waals surface area contributed by atoms with E-state index in [-0.39, 0.29) is 6.03 Å². The Hall–Kier alpha value is -3.42. The molecule has 0 unspecified atom stereocenters. The van der Waals surface area contributed by atoms with Gasteiger partial charge in [0.15, 0.2) is 5.82 Å². The molecule has 0 aliphatic rings. The van der Waals surface area contributed by atoms with Gasteiger partial charge in [-0.15, -0.1) is 0 Å². The number of nitrogens with zero attached hydrogens (tertiary/aromatic N) is 4. The van der Waals surface area contributed by atoms with Gasteiger partial charge in [-0.1, -0.05) is 12.1 Å². The van der Waals surface area contributed by atoms with Crippen LogP contribution < -0.4 is 15.4 Å². The van der Waals surface area contributed by atoms with Crippen LogP contribution in [0.25, 0.3) is 5.82 Å². The van der Waals surface area contributed by atoms with Gasteiger partial charge in [0.25, 0.3) is 0 Å². The molecule has 3 aromatic rings. The summed E-state index contributed by atoms with van der Waals surface area (Å²) in [5.74, 6) is 1.79.